The molecule has 0 unspecified atom stereocenters. The normalized spacial score (nSPS) is 18.4. The molecule has 1 aromatic carbocycles. The van der Waals surface area contributed by atoms with Crippen molar-refractivity contribution in [3.63, 3.8) is 0 Å². The molecule has 1 aliphatic rings. The van der Waals surface area contributed by atoms with E-state index < -0.39 is 15.9 Å². The van der Waals surface area contributed by atoms with Crippen molar-refractivity contribution in [2.75, 3.05) is 25.0 Å². The lowest BCUT2D eigenvalue weighted by atomic mass is 9.99. The average Bonchev–Trinajstić information content (AvgIpc) is 3.19. The summed E-state index contributed by atoms with van der Waals surface area (Å²) in [6, 6.07) is 7.11. The Labute approximate surface area is 152 Å². The van der Waals surface area contributed by atoms with Gasteiger partial charge in [-0.05, 0) is 44.0 Å². The SMILES string of the molecule is CCOc1ccc(NC(=O)[C@H]2CCCN(S(=O)(=O)c3cnc[nH]3)C2)cc1. The second-order valence-corrected chi connectivity index (χ2v) is 7.97. The Morgan fingerprint density at radius 2 is 2.15 bits per heavy atom. The Hall–Kier alpha value is -2.39. The van der Waals surface area contributed by atoms with Crippen LogP contribution in [0.15, 0.2) is 41.8 Å². The molecule has 1 atom stereocenters. The molecule has 3 rings (SSSR count). The van der Waals surface area contributed by atoms with E-state index in [9.17, 15) is 13.2 Å². The van der Waals surface area contributed by atoms with Crippen LogP contribution in [-0.2, 0) is 14.8 Å². The summed E-state index contributed by atoms with van der Waals surface area (Å²) in [6.45, 7) is 3.04. The first-order valence-corrected chi connectivity index (χ1v) is 9.97. The van der Waals surface area contributed by atoms with E-state index in [1.165, 1.54) is 16.8 Å². The number of hydrogen-bond acceptors (Lipinski definition) is 5. The molecule has 1 aliphatic heterocycles. The number of piperidine rings is 1. The van der Waals surface area contributed by atoms with Crippen molar-refractivity contribution in [2.45, 2.75) is 24.8 Å². The summed E-state index contributed by atoms with van der Waals surface area (Å²) in [5.74, 6) is 0.159. The zero-order valence-electron chi connectivity index (χ0n) is 14.5. The van der Waals surface area contributed by atoms with Crippen LogP contribution in [0.2, 0.25) is 0 Å². The molecule has 0 bridgehead atoms. The average molecular weight is 378 g/mol. The van der Waals surface area contributed by atoms with Crippen LogP contribution in [0, 0.1) is 5.92 Å². The first-order chi connectivity index (χ1) is 12.5. The lowest BCUT2D eigenvalue weighted by Gasteiger charge is -2.30. The van der Waals surface area contributed by atoms with Gasteiger partial charge in [-0.15, -0.1) is 0 Å². The molecule has 2 aromatic rings. The molecule has 26 heavy (non-hydrogen) atoms. The van der Waals surface area contributed by atoms with Crippen LogP contribution in [-0.4, -0.2) is 48.3 Å². The lowest BCUT2D eigenvalue weighted by molar-refractivity contribution is -0.120. The Kier molecular flexibility index (Phi) is 5.58. The molecule has 9 heteroatoms. The van der Waals surface area contributed by atoms with E-state index in [1.54, 1.807) is 24.3 Å². The minimum Gasteiger partial charge on any atom is -0.494 e. The van der Waals surface area contributed by atoms with Crippen molar-refractivity contribution < 1.29 is 17.9 Å². The maximum absolute atomic E-state index is 12.6. The second kappa shape index (κ2) is 7.88. The molecule has 2 heterocycles. The van der Waals surface area contributed by atoms with Crippen molar-refractivity contribution >= 4 is 21.6 Å². The van der Waals surface area contributed by atoms with Crippen LogP contribution in [0.3, 0.4) is 0 Å². The Morgan fingerprint density at radius 1 is 1.38 bits per heavy atom. The quantitative estimate of drug-likeness (QED) is 0.798. The van der Waals surface area contributed by atoms with Crippen molar-refractivity contribution in [1.29, 1.82) is 0 Å². The summed E-state index contributed by atoms with van der Waals surface area (Å²) in [7, 11) is -3.65. The highest BCUT2D eigenvalue weighted by molar-refractivity contribution is 7.89. The van der Waals surface area contributed by atoms with Gasteiger partial charge in [0, 0.05) is 18.8 Å². The molecular formula is C17H22N4O4S. The third-order valence-corrected chi connectivity index (χ3v) is 6.07. The number of amides is 1. The minimum atomic E-state index is -3.65. The highest BCUT2D eigenvalue weighted by atomic mass is 32.2. The van der Waals surface area contributed by atoms with Crippen LogP contribution in [0.25, 0.3) is 0 Å². The van der Waals surface area contributed by atoms with Gasteiger partial charge in [-0.3, -0.25) is 4.79 Å². The molecule has 1 aromatic heterocycles. The molecule has 1 fully saturated rings. The first-order valence-electron chi connectivity index (χ1n) is 8.53. The van der Waals surface area contributed by atoms with E-state index in [-0.39, 0.29) is 17.5 Å². The number of rotatable bonds is 6. The standard InChI is InChI=1S/C17H22N4O4S/c1-2-25-15-7-5-14(6-8-15)20-17(22)13-4-3-9-21(11-13)26(23,24)16-10-18-12-19-16/h5-8,10,12-13H,2-4,9,11H2,1H3,(H,18,19)(H,20,22)/t13-/m0/s1. The summed E-state index contributed by atoms with van der Waals surface area (Å²) in [4.78, 5) is 18.9. The number of sulfonamides is 1. The minimum absolute atomic E-state index is 0.0464. The molecule has 0 spiro atoms. The number of carbonyl (C=O) groups excluding carboxylic acids is 1. The van der Waals surface area contributed by atoms with Crippen molar-refractivity contribution in [3.05, 3.63) is 36.8 Å². The number of H-pyrrole nitrogens is 1. The molecule has 1 saturated heterocycles. The molecule has 1 amide bonds. The van der Waals surface area contributed by atoms with Gasteiger partial charge >= 0.3 is 0 Å². The third-order valence-electron chi connectivity index (χ3n) is 4.28. The highest BCUT2D eigenvalue weighted by Crippen LogP contribution is 2.24. The van der Waals surface area contributed by atoms with Gasteiger partial charge in [-0.25, -0.2) is 13.4 Å². The summed E-state index contributed by atoms with van der Waals surface area (Å²) in [5.41, 5.74) is 0.659. The third kappa shape index (κ3) is 4.05. The monoisotopic (exact) mass is 378 g/mol. The van der Waals surface area contributed by atoms with Crippen molar-refractivity contribution in [1.82, 2.24) is 14.3 Å². The fraction of sp³-hybridized carbons (Fsp3) is 0.412. The van der Waals surface area contributed by atoms with Gasteiger partial charge in [-0.1, -0.05) is 0 Å². The van der Waals surface area contributed by atoms with Gasteiger partial charge in [0.15, 0.2) is 5.03 Å². The van der Waals surface area contributed by atoms with Gasteiger partial charge in [0.1, 0.15) is 5.75 Å². The Bertz CT molecular complexity index is 834. The molecule has 8 nitrogen and oxygen atoms in total. The molecular weight excluding hydrogens is 356 g/mol. The Balaban J connectivity index is 1.64. The summed E-state index contributed by atoms with van der Waals surface area (Å²) in [5, 5.41) is 2.90. The highest BCUT2D eigenvalue weighted by Gasteiger charge is 2.34. The van der Waals surface area contributed by atoms with Crippen LogP contribution >= 0.6 is 0 Å². The maximum atomic E-state index is 12.6. The number of nitrogens with zero attached hydrogens (tertiary/aromatic N) is 2. The first kappa shape index (κ1) is 18.4. The van der Waals surface area contributed by atoms with Gasteiger partial charge in [-0.2, -0.15) is 4.31 Å². The van der Waals surface area contributed by atoms with Crippen LogP contribution in [0.5, 0.6) is 5.75 Å². The van der Waals surface area contributed by atoms with E-state index in [1.807, 2.05) is 6.92 Å². The maximum Gasteiger partial charge on any atom is 0.260 e. The van der Waals surface area contributed by atoms with E-state index in [0.717, 1.165) is 5.75 Å². The molecule has 140 valence electrons. The predicted molar refractivity (Wildman–Crippen MR) is 96.3 cm³/mol. The second-order valence-electron chi connectivity index (χ2n) is 6.06. The van der Waals surface area contributed by atoms with Gasteiger partial charge in [0.25, 0.3) is 10.0 Å². The van der Waals surface area contributed by atoms with Crippen molar-refractivity contribution in [3.8, 4) is 5.75 Å². The number of hydrogen-bond donors (Lipinski definition) is 2. The predicted octanol–water partition coefficient (Wildman–Crippen LogP) is 1.85. The smallest absolute Gasteiger partial charge is 0.260 e. The number of carbonyl (C=O) groups is 1. The zero-order chi connectivity index (χ0) is 18.6. The largest absolute Gasteiger partial charge is 0.494 e. The number of aromatic amines is 1. The zero-order valence-corrected chi connectivity index (χ0v) is 15.3. The van der Waals surface area contributed by atoms with Crippen LogP contribution in [0.1, 0.15) is 19.8 Å². The molecule has 0 aliphatic carbocycles. The number of anilines is 1. The van der Waals surface area contributed by atoms with Crippen LogP contribution < -0.4 is 10.1 Å². The van der Waals surface area contributed by atoms with Crippen LogP contribution in [0.4, 0.5) is 5.69 Å². The van der Waals surface area contributed by atoms with E-state index in [0.29, 0.717) is 31.7 Å². The topological polar surface area (TPSA) is 104 Å². The molecule has 2 N–H and O–H groups in total. The Morgan fingerprint density at radius 3 is 2.81 bits per heavy atom. The summed E-state index contributed by atoms with van der Waals surface area (Å²) >= 11 is 0. The number of aromatic nitrogens is 2. The molecule has 0 saturated carbocycles. The van der Waals surface area contributed by atoms with Gasteiger partial charge in [0.2, 0.25) is 5.91 Å². The fourth-order valence-electron chi connectivity index (χ4n) is 2.94. The van der Waals surface area contributed by atoms with E-state index in [2.05, 4.69) is 15.3 Å². The fourth-order valence-corrected chi connectivity index (χ4v) is 4.36. The number of benzene rings is 1. The summed E-state index contributed by atoms with van der Waals surface area (Å²) < 4.78 is 31.9. The number of ether oxygens (including phenoxy) is 1. The lowest BCUT2D eigenvalue weighted by Crippen LogP contribution is -2.43. The van der Waals surface area contributed by atoms with Crippen molar-refractivity contribution in [2.24, 2.45) is 5.92 Å². The van der Waals surface area contributed by atoms with E-state index in [4.69, 9.17) is 4.74 Å². The van der Waals surface area contributed by atoms with Gasteiger partial charge in [0.05, 0.1) is 25.0 Å². The molecule has 0 radical (unpaired) electrons. The summed E-state index contributed by atoms with van der Waals surface area (Å²) in [6.07, 6.45) is 3.89. The number of imidazole rings is 1. The van der Waals surface area contributed by atoms with E-state index >= 15 is 0 Å². The number of nitrogens with one attached hydrogen (secondary N) is 2. The van der Waals surface area contributed by atoms with Gasteiger partial charge < -0.3 is 15.0 Å².